The molecule has 88 valence electrons. The third-order valence-corrected chi connectivity index (χ3v) is 3.10. The molecule has 2 aromatic rings. The third-order valence-electron chi connectivity index (χ3n) is 2.26. The minimum Gasteiger partial charge on any atom is -0.497 e. The summed E-state index contributed by atoms with van der Waals surface area (Å²) in [5.41, 5.74) is 0.894. The van der Waals surface area contributed by atoms with Gasteiger partial charge in [-0.05, 0) is 41.1 Å². The Morgan fingerprint density at radius 1 is 1.12 bits per heavy atom. The fourth-order valence-corrected chi connectivity index (χ4v) is 1.58. The smallest absolute Gasteiger partial charge is 0.219 e. The summed E-state index contributed by atoms with van der Waals surface area (Å²) in [6, 6.07) is 11.2. The lowest BCUT2D eigenvalue weighted by Crippen LogP contribution is -1.91. The number of hydrogen-bond acceptors (Lipinski definition) is 3. The Hall–Kier alpha value is -1.55. The van der Waals surface area contributed by atoms with Crippen LogP contribution in [0.25, 0.3) is 0 Å². The summed E-state index contributed by atoms with van der Waals surface area (Å²) in [7, 11) is 1.63. The molecule has 0 unspecified atom stereocenters. The van der Waals surface area contributed by atoms with Gasteiger partial charge < -0.3 is 9.47 Å². The fraction of sp³-hybridized carbons (Fsp3) is 0.154. The molecule has 1 aromatic heterocycles. The van der Waals surface area contributed by atoms with Gasteiger partial charge >= 0.3 is 0 Å². The number of rotatable bonds is 3. The third kappa shape index (κ3) is 2.97. The van der Waals surface area contributed by atoms with Gasteiger partial charge in [-0.15, -0.1) is 0 Å². The van der Waals surface area contributed by atoms with Crippen molar-refractivity contribution in [3.63, 3.8) is 0 Å². The first-order chi connectivity index (χ1) is 8.19. The second-order valence-electron chi connectivity index (χ2n) is 3.50. The van der Waals surface area contributed by atoms with Crippen LogP contribution >= 0.6 is 15.9 Å². The van der Waals surface area contributed by atoms with Crippen molar-refractivity contribution in [2.75, 3.05) is 7.11 Å². The lowest BCUT2D eigenvalue weighted by molar-refractivity contribution is 0.407. The Labute approximate surface area is 109 Å². The van der Waals surface area contributed by atoms with Gasteiger partial charge in [0.25, 0.3) is 0 Å². The summed E-state index contributed by atoms with van der Waals surface area (Å²) in [5, 5.41) is 0. The maximum Gasteiger partial charge on any atom is 0.219 e. The van der Waals surface area contributed by atoms with E-state index in [0.717, 1.165) is 15.9 Å². The molecule has 1 aromatic carbocycles. The molecule has 1 heterocycles. The maximum atomic E-state index is 5.64. The number of pyridine rings is 1. The zero-order valence-corrected chi connectivity index (χ0v) is 11.2. The zero-order valence-electron chi connectivity index (χ0n) is 9.61. The first kappa shape index (κ1) is 11.9. The van der Waals surface area contributed by atoms with E-state index in [0.29, 0.717) is 11.6 Å². The molecular formula is C13H12BrNO2. The minimum atomic E-state index is 0.568. The highest BCUT2D eigenvalue weighted by Gasteiger charge is 2.02. The largest absolute Gasteiger partial charge is 0.497 e. The predicted octanol–water partition coefficient (Wildman–Crippen LogP) is 3.95. The van der Waals surface area contributed by atoms with E-state index < -0.39 is 0 Å². The van der Waals surface area contributed by atoms with E-state index in [1.54, 1.807) is 7.11 Å². The molecule has 2 rings (SSSR count). The molecule has 0 aliphatic heterocycles. The van der Waals surface area contributed by atoms with Gasteiger partial charge in [-0.1, -0.05) is 6.07 Å². The quantitative estimate of drug-likeness (QED) is 0.858. The summed E-state index contributed by atoms with van der Waals surface area (Å²) in [5.74, 6) is 2.04. The van der Waals surface area contributed by atoms with Gasteiger partial charge in [0.1, 0.15) is 11.5 Å². The van der Waals surface area contributed by atoms with Crippen LogP contribution in [0.5, 0.6) is 17.4 Å². The van der Waals surface area contributed by atoms with E-state index in [1.165, 1.54) is 0 Å². The number of aromatic nitrogens is 1. The first-order valence-electron chi connectivity index (χ1n) is 5.14. The van der Waals surface area contributed by atoms with Crippen LogP contribution in [-0.4, -0.2) is 12.1 Å². The van der Waals surface area contributed by atoms with Gasteiger partial charge in [-0.3, -0.25) is 0 Å². The van der Waals surface area contributed by atoms with E-state index in [1.807, 2.05) is 43.3 Å². The van der Waals surface area contributed by atoms with Crippen molar-refractivity contribution in [2.24, 2.45) is 0 Å². The molecule has 0 N–H and O–H groups in total. The van der Waals surface area contributed by atoms with E-state index in [9.17, 15) is 0 Å². The molecule has 3 nitrogen and oxygen atoms in total. The topological polar surface area (TPSA) is 31.4 Å². The van der Waals surface area contributed by atoms with Crippen molar-refractivity contribution < 1.29 is 9.47 Å². The molecule has 0 bridgehead atoms. The molecule has 0 radical (unpaired) electrons. The van der Waals surface area contributed by atoms with Crippen LogP contribution in [0.1, 0.15) is 5.69 Å². The number of benzene rings is 1. The number of halogens is 1. The number of ether oxygens (including phenoxy) is 2. The summed E-state index contributed by atoms with van der Waals surface area (Å²) in [6.07, 6.45) is 0. The average Bonchev–Trinajstić information content (AvgIpc) is 2.34. The summed E-state index contributed by atoms with van der Waals surface area (Å²) < 4.78 is 11.7. The number of methoxy groups -OCH3 is 1. The Morgan fingerprint density at radius 3 is 2.59 bits per heavy atom. The highest BCUT2D eigenvalue weighted by Crippen LogP contribution is 2.25. The second-order valence-corrected chi connectivity index (χ2v) is 4.35. The van der Waals surface area contributed by atoms with Crippen LogP contribution in [-0.2, 0) is 0 Å². The summed E-state index contributed by atoms with van der Waals surface area (Å²) in [4.78, 5) is 4.31. The van der Waals surface area contributed by atoms with Gasteiger partial charge in [0.2, 0.25) is 5.88 Å². The molecule has 0 amide bonds. The Morgan fingerprint density at radius 2 is 1.88 bits per heavy atom. The number of nitrogens with zero attached hydrogens (tertiary/aromatic N) is 1. The molecule has 0 aliphatic carbocycles. The average molecular weight is 294 g/mol. The van der Waals surface area contributed by atoms with Crippen molar-refractivity contribution in [2.45, 2.75) is 6.92 Å². The summed E-state index contributed by atoms with van der Waals surface area (Å²) >= 11 is 3.40. The molecular weight excluding hydrogens is 282 g/mol. The highest BCUT2D eigenvalue weighted by atomic mass is 79.9. The van der Waals surface area contributed by atoms with Crippen molar-refractivity contribution in [3.05, 3.63) is 46.6 Å². The van der Waals surface area contributed by atoms with Gasteiger partial charge in [0, 0.05) is 16.6 Å². The first-order valence-corrected chi connectivity index (χ1v) is 5.93. The van der Waals surface area contributed by atoms with Gasteiger partial charge in [-0.25, -0.2) is 4.98 Å². The minimum absolute atomic E-state index is 0.568. The van der Waals surface area contributed by atoms with Crippen molar-refractivity contribution >= 4 is 15.9 Å². The second kappa shape index (κ2) is 5.19. The van der Waals surface area contributed by atoms with Crippen molar-refractivity contribution in [1.29, 1.82) is 0 Å². The Kier molecular flexibility index (Phi) is 3.64. The van der Waals surface area contributed by atoms with E-state index in [4.69, 9.17) is 9.47 Å². The Bertz CT molecular complexity index is 529. The van der Waals surface area contributed by atoms with Crippen LogP contribution in [0, 0.1) is 6.92 Å². The van der Waals surface area contributed by atoms with E-state index >= 15 is 0 Å². The lowest BCUT2D eigenvalue weighted by atomic mass is 10.3. The van der Waals surface area contributed by atoms with E-state index in [-0.39, 0.29) is 0 Å². The number of aryl methyl sites for hydroxylation is 1. The molecule has 0 saturated heterocycles. The molecule has 0 saturated carbocycles. The van der Waals surface area contributed by atoms with Crippen LogP contribution in [0.15, 0.2) is 40.9 Å². The van der Waals surface area contributed by atoms with Crippen LogP contribution in [0.4, 0.5) is 0 Å². The van der Waals surface area contributed by atoms with Crippen LogP contribution in [0.2, 0.25) is 0 Å². The van der Waals surface area contributed by atoms with Gasteiger partial charge in [0.15, 0.2) is 0 Å². The van der Waals surface area contributed by atoms with Crippen LogP contribution in [0.3, 0.4) is 0 Å². The monoisotopic (exact) mass is 293 g/mol. The molecule has 0 aliphatic rings. The normalized spacial score (nSPS) is 10.1. The zero-order chi connectivity index (χ0) is 12.3. The maximum absolute atomic E-state index is 5.64. The number of hydrogen-bond donors (Lipinski definition) is 0. The summed E-state index contributed by atoms with van der Waals surface area (Å²) in [6.45, 7) is 1.92. The van der Waals surface area contributed by atoms with Gasteiger partial charge in [0.05, 0.1) is 12.8 Å². The Balaban J connectivity index is 2.22. The lowest BCUT2D eigenvalue weighted by Gasteiger charge is -2.07. The molecule has 4 heteroatoms. The predicted molar refractivity (Wildman–Crippen MR) is 69.7 cm³/mol. The van der Waals surface area contributed by atoms with Crippen LogP contribution < -0.4 is 9.47 Å². The molecule has 0 spiro atoms. The van der Waals surface area contributed by atoms with E-state index in [2.05, 4.69) is 20.9 Å². The fourth-order valence-electron chi connectivity index (χ4n) is 1.36. The van der Waals surface area contributed by atoms with Crippen molar-refractivity contribution in [3.8, 4) is 17.4 Å². The molecule has 0 atom stereocenters. The SMILES string of the molecule is COc1cccc(Oc2ccc(Br)c(C)n2)c1. The molecule has 0 fully saturated rings. The standard InChI is InChI=1S/C13H12BrNO2/c1-9-12(14)6-7-13(15-9)17-11-5-3-4-10(8-11)16-2/h3-8H,1-2H3. The highest BCUT2D eigenvalue weighted by molar-refractivity contribution is 9.10. The van der Waals surface area contributed by atoms with Crippen molar-refractivity contribution in [1.82, 2.24) is 4.98 Å². The van der Waals surface area contributed by atoms with Gasteiger partial charge in [-0.2, -0.15) is 0 Å². The molecule has 17 heavy (non-hydrogen) atoms.